The molecule has 0 aromatic heterocycles. The Labute approximate surface area is 826 Å². The summed E-state index contributed by atoms with van der Waals surface area (Å²) in [6.07, 6.45) is 16.6. The van der Waals surface area contributed by atoms with Gasteiger partial charge in [-0.2, -0.15) is 0 Å². The van der Waals surface area contributed by atoms with Gasteiger partial charge in [0.1, 0.15) is 23.0 Å². The van der Waals surface area contributed by atoms with Crippen LogP contribution in [0.5, 0.6) is 11.5 Å². The summed E-state index contributed by atoms with van der Waals surface area (Å²) in [7, 11) is 1.57. The summed E-state index contributed by atoms with van der Waals surface area (Å²) in [4.78, 5) is 34.8. The van der Waals surface area contributed by atoms with Crippen LogP contribution in [0.3, 0.4) is 0 Å². The number of carbonyl (C=O) groups is 1. The molecule has 0 spiro atoms. The van der Waals surface area contributed by atoms with Gasteiger partial charge in [-0.15, -0.1) is 0 Å². The highest BCUT2D eigenvalue weighted by Gasteiger charge is 2.35. The molecule has 3 nitrogen and oxygen atoms in total. The second-order valence-corrected chi connectivity index (χ2v) is 46.5. The second kappa shape index (κ2) is 51.8. The fraction of sp³-hybridized carbons (Fsp3) is 0.123. The molecule has 134 heavy (non-hydrogen) atoms. The maximum atomic E-state index is 11.1. The molecule has 18 aromatic carbocycles. The zero-order valence-electron chi connectivity index (χ0n) is 75.8. The normalized spacial score (nSPS) is 12.7. The van der Waals surface area contributed by atoms with E-state index >= 15 is 0 Å². The summed E-state index contributed by atoms with van der Waals surface area (Å²) in [5, 5.41) is 5.08. The van der Waals surface area contributed by atoms with Crippen molar-refractivity contribution in [2.45, 2.75) is 170 Å². The topological polar surface area (TPSA) is 35.5 Å². The monoisotopic (exact) mass is 1920 g/mol. The van der Waals surface area contributed by atoms with Crippen LogP contribution in [-0.4, -0.2) is 24.6 Å². The fourth-order valence-electron chi connectivity index (χ4n) is 16.3. The average molecular weight is 1920 g/mol. The van der Waals surface area contributed by atoms with Crippen LogP contribution in [0.1, 0.15) is 82.6 Å². The smallest absolute Gasteiger partial charge is 0.308 e. The summed E-state index contributed by atoms with van der Waals surface area (Å²) in [6.45, 7) is 1.41. The van der Waals surface area contributed by atoms with E-state index in [1.165, 1.54) is 171 Å². The van der Waals surface area contributed by atoms with Gasteiger partial charge >= 0.3 is 5.97 Å². The average Bonchev–Trinajstić information content (AvgIpc) is 0.767. The number of methoxy groups -OCH3 is 1. The van der Waals surface area contributed by atoms with Crippen LogP contribution >= 0.6 is 35.0 Å². The molecule has 2 saturated carbocycles. The van der Waals surface area contributed by atoms with E-state index in [0.717, 1.165) is 27.0 Å². The number of fused-ring (bicyclic) bond motifs is 1. The molecule has 1 unspecified atom stereocenters. The van der Waals surface area contributed by atoms with Crippen LogP contribution in [0.15, 0.2) is 579 Å². The molecule has 0 amide bonds. The molecule has 0 heterocycles. The molecule has 668 valence electrons. The van der Waals surface area contributed by atoms with Crippen LogP contribution < -0.4 is 9.47 Å². The molecule has 2 fully saturated rings. The largest absolute Gasteiger partial charge is 0.497 e. The van der Waals surface area contributed by atoms with E-state index in [1.807, 2.05) is 72.8 Å². The Kier molecular flexibility index (Phi) is 37.6. The molecule has 0 N–H and O–H groups in total. The highest BCUT2D eigenvalue weighted by molar-refractivity contribution is 7.99. The molecular weight excluding hydrogens is 1810 g/mol. The zero-order chi connectivity index (χ0) is 92.1. The Morgan fingerprint density at radius 1 is 0.269 bits per heavy atom. The molecule has 0 aliphatic heterocycles. The molecule has 0 bridgehead atoms. The van der Waals surface area contributed by atoms with Crippen molar-refractivity contribution in [2.24, 2.45) is 0 Å². The summed E-state index contributed by atoms with van der Waals surface area (Å²) in [6, 6.07) is 173. The zero-order valence-corrected chi connectivity index (χ0v) is 83.1. The van der Waals surface area contributed by atoms with Crippen LogP contribution in [0.4, 0.5) is 0 Å². The fourth-order valence-corrected chi connectivity index (χ4v) is 30.0. The lowest BCUT2D eigenvalue weighted by molar-refractivity contribution is -0.131. The SMILES string of the molecule is CC(=O)Oc1ccc([S+](c2ccccc2)c2ccccc2)cc1.COc1ccc([S+](c2ccc(Cl)cc2)c2ccc(Cl)cc2)cc1.C[S+](c1ccccc1)C1CCCCC1.c1ccc(Sc2ccc([S+](c3ccccc3)c3ccccc3)cc2)cc1.c1ccc([S+](c2ccccc2)c2ccc(C3CCCCC3)cc2)cc1.c1ccc([S+](c2ccccc2)c2cccc3ccccc23)cc1. The molecule has 2 aliphatic rings. The van der Waals surface area contributed by atoms with E-state index in [1.54, 1.807) is 23.8 Å². The van der Waals surface area contributed by atoms with Crippen LogP contribution in [-0.2, 0) is 70.2 Å². The first-order chi connectivity index (χ1) is 66.0. The Balaban J connectivity index is 0.000000123. The van der Waals surface area contributed by atoms with E-state index < -0.39 is 0 Å². The number of halogens is 2. The Bertz CT molecular complexity index is 6240. The number of benzene rings is 18. The first kappa shape index (κ1) is 97.1. The van der Waals surface area contributed by atoms with Crippen molar-refractivity contribution in [1.82, 2.24) is 0 Å². The minimum atomic E-state index is -0.303. The van der Waals surface area contributed by atoms with Crippen molar-refractivity contribution < 1.29 is 14.3 Å². The second-order valence-electron chi connectivity index (χ2n) is 32.1. The van der Waals surface area contributed by atoms with Gasteiger partial charge in [-0.3, -0.25) is 4.79 Å². The molecular formula is C122H112Cl2O3S7+6. The lowest BCUT2D eigenvalue weighted by atomic mass is 9.84. The summed E-state index contributed by atoms with van der Waals surface area (Å²) in [5.41, 5.74) is 1.54. The Hall–Kier alpha value is -11.5. The van der Waals surface area contributed by atoms with Crippen molar-refractivity contribution in [2.75, 3.05) is 13.4 Å². The van der Waals surface area contributed by atoms with Gasteiger partial charge in [0, 0.05) is 43.0 Å². The molecule has 0 radical (unpaired) electrons. The number of hydrogen-bond donors (Lipinski definition) is 0. The summed E-state index contributed by atoms with van der Waals surface area (Å²) in [5.74, 6) is 1.90. The highest BCUT2D eigenvalue weighted by atomic mass is 35.5. The highest BCUT2D eigenvalue weighted by Crippen LogP contribution is 2.42. The van der Waals surface area contributed by atoms with E-state index in [4.69, 9.17) is 32.7 Å². The third kappa shape index (κ3) is 28.1. The molecule has 2 aliphatic carbocycles. The quantitative estimate of drug-likeness (QED) is 0.0385. The standard InChI is InChI=1S/C24H19S2.C24H25S.C22H17S.C20H17O2S.C19H15Cl2OS.C13H19S/c1-4-10-20(11-5-1)25-21-16-18-24(19-17-21)26(22-12-6-2-7-13-22)23-14-8-3-9-15-23;1-4-10-20(11-5-1)21-16-18-24(19-17-21)25(22-12-6-2-7-13-22)23-14-8-3-9-15-23;1-3-12-19(13-4-1)23(20-14-5-2-6-15-20)22-17-9-11-18-10-7-8-16-21(18)22;1-16(21)22-17-12-14-20(15-13-17)23(18-8-4-2-5-9-18)19-10-6-3-7-11-19;1-22-16-6-12-19(13-7-16)23(17-8-2-14(20)3-9-17)18-10-4-15(21)5-11-18;1-14(12-8-4-2-5-9-12)13-10-6-3-7-11-13/h1-19H;2-3,6-9,12-20H,1,4-5,10-11H2;1-17H;2-15H,1H3;2-13H,1H3;2,4-5,8-9,13H,3,6-7,10-11H2,1H3/q6*+1. The van der Waals surface area contributed by atoms with Crippen molar-refractivity contribution >= 4 is 117 Å². The number of esters is 1. The van der Waals surface area contributed by atoms with Gasteiger partial charge in [0.25, 0.3) is 0 Å². The van der Waals surface area contributed by atoms with E-state index in [9.17, 15) is 4.79 Å². The third-order valence-electron chi connectivity index (χ3n) is 22.9. The first-order valence-corrected chi connectivity index (χ1v) is 55.1. The van der Waals surface area contributed by atoms with Gasteiger partial charge in [0.05, 0.1) is 61.6 Å². The van der Waals surface area contributed by atoms with Crippen molar-refractivity contribution in [3.63, 3.8) is 0 Å². The molecule has 0 saturated heterocycles. The van der Waals surface area contributed by atoms with Gasteiger partial charge in [-0.1, -0.05) is 285 Å². The predicted octanol–water partition coefficient (Wildman–Crippen LogP) is 34.1. The lowest BCUT2D eigenvalue weighted by Gasteiger charge is -2.22. The minimum Gasteiger partial charge on any atom is -0.497 e. The van der Waals surface area contributed by atoms with Crippen LogP contribution in [0.2, 0.25) is 10.0 Å². The number of rotatable bonds is 22. The third-order valence-corrected chi connectivity index (χ3v) is 38.1. The molecule has 12 heteroatoms. The van der Waals surface area contributed by atoms with Gasteiger partial charge in [-0.25, -0.2) is 0 Å². The van der Waals surface area contributed by atoms with Gasteiger partial charge < -0.3 is 9.47 Å². The van der Waals surface area contributed by atoms with Crippen LogP contribution in [0, 0.1) is 0 Å². The van der Waals surface area contributed by atoms with Crippen molar-refractivity contribution in [3.8, 4) is 11.5 Å². The minimum absolute atomic E-state index is 0.0278. The molecule has 18 aromatic rings. The van der Waals surface area contributed by atoms with Gasteiger partial charge in [-0.05, 0) is 322 Å². The van der Waals surface area contributed by atoms with E-state index in [-0.39, 0.29) is 60.4 Å². The Morgan fingerprint density at radius 3 is 0.888 bits per heavy atom. The predicted molar refractivity (Wildman–Crippen MR) is 574 cm³/mol. The first-order valence-electron chi connectivity index (χ1n) is 45.7. The molecule has 1 atom stereocenters. The maximum absolute atomic E-state index is 11.1. The summed E-state index contributed by atoms with van der Waals surface area (Å²) >= 11 is 13.9. The van der Waals surface area contributed by atoms with E-state index in [2.05, 4.69) is 425 Å². The van der Waals surface area contributed by atoms with Crippen molar-refractivity contribution in [1.29, 1.82) is 0 Å². The van der Waals surface area contributed by atoms with Crippen LogP contribution in [0.25, 0.3) is 10.8 Å². The Morgan fingerprint density at radius 2 is 0.537 bits per heavy atom. The molecule has 20 rings (SSSR count). The summed E-state index contributed by atoms with van der Waals surface area (Å²) < 4.78 is 10.4. The number of ether oxygens (including phenoxy) is 2. The van der Waals surface area contributed by atoms with Crippen molar-refractivity contribution in [3.05, 3.63) is 507 Å². The number of hydrogen-bond acceptors (Lipinski definition) is 4. The van der Waals surface area contributed by atoms with Gasteiger partial charge in [0.2, 0.25) is 0 Å². The van der Waals surface area contributed by atoms with Gasteiger partial charge in [0.15, 0.2) is 78.3 Å². The number of carbonyl (C=O) groups excluding carboxylic acids is 1. The van der Waals surface area contributed by atoms with E-state index in [0.29, 0.717) is 16.6 Å². The maximum Gasteiger partial charge on any atom is 0.308 e. The lowest BCUT2D eigenvalue weighted by Crippen LogP contribution is -2.23.